The summed E-state index contributed by atoms with van der Waals surface area (Å²) in [5.74, 6) is 0. The van der Waals surface area contributed by atoms with E-state index in [9.17, 15) is 0 Å². The summed E-state index contributed by atoms with van der Waals surface area (Å²) in [6.07, 6.45) is 0.958. The van der Waals surface area contributed by atoms with E-state index >= 15 is 0 Å². The van der Waals surface area contributed by atoms with E-state index in [-0.39, 0.29) is 12.6 Å². The number of rotatable bonds is 6. The van der Waals surface area contributed by atoms with Crippen molar-refractivity contribution in [1.82, 2.24) is 5.32 Å². The van der Waals surface area contributed by atoms with Gasteiger partial charge in [-0.2, -0.15) is 0 Å². The van der Waals surface area contributed by atoms with Gasteiger partial charge < -0.3 is 16.2 Å². The van der Waals surface area contributed by atoms with Gasteiger partial charge in [0.25, 0.3) is 0 Å². The van der Waals surface area contributed by atoms with E-state index in [2.05, 4.69) is 27.3 Å². The van der Waals surface area contributed by atoms with E-state index in [4.69, 9.17) is 10.8 Å². The average molecular weight is 273 g/mol. The fourth-order valence-electron chi connectivity index (χ4n) is 1.28. The van der Waals surface area contributed by atoms with Crippen LogP contribution in [0.2, 0.25) is 0 Å². The molecule has 0 spiro atoms. The fraction of sp³-hybridized carbons (Fsp3) is 0.455. The normalized spacial score (nSPS) is 12.7. The highest BCUT2D eigenvalue weighted by molar-refractivity contribution is 9.10. The molecule has 0 amide bonds. The van der Waals surface area contributed by atoms with Gasteiger partial charge in [0.1, 0.15) is 0 Å². The summed E-state index contributed by atoms with van der Waals surface area (Å²) < 4.78 is 1.14. The maximum atomic E-state index is 8.72. The maximum absolute atomic E-state index is 8.72. The van der Waals surface area contributed by atoms with E-state index in [1.165, 1.54) is 5.56 Å². The van der Waals surface area contributed by atoms with Crippen molar-refractivity contribution in [1.29, 1.82) is 0 Å². The summed E-state index contributed by atoms with van der Waals surface area (Å²) in [7, 11) is 0. The van der Waals surface area contributed by atoms with Crippen LogP contribution in [0.3, 0.4) is 0 Å². The number of aliphatic hydroxyl groups excluding tert-OH is 1. The summed E-state index contributed by atoms with van der Waals surface area (Å²) in [5, 5.41) is 11.9. The smallest absolute Gasteiger partial charge is 0.0594 e. The van der Waals surface area contributed by atoms with Crippen LogP contribution < -0.4 is 11.1 Å². The first-order valence-electron chi connectivity index (χ1n) is 5.04. The standard InChI is InChI=1S/C11H17BrN2O/c12-11-4-2-1-3-9(11)5-6-14-7-10(13)8-15/h1-4,10,14-15H,5-8,13H2. The van der Waals surface area contributed by atoms with Crippen molar-refractivity contribution >= 4 is 15.9 Å². The van der Waals surface area contributed by atoms with Crippen molar-refractivity contribution in [2.45, 2.75) is 12.5 Å². The molecule has 1 aromatic carbocycles. The lowest BCUT2D eigenvalue weighted by molar-refractivity contribution is 0.262. The SMILES string of the molecule is NC(CO)CNCCc1ccccc1Br. The molecule has 4 N–H and O–H groups in total. The lowest BCUT2D eigenvalue weighted by Gasteiger charge is -2.10. The second kappa shape index (κ2) is 6.95. The first-order chi connectivity index (χ1) is 7.24. The molecule has 0 aliphatic rings. The van der Waals surface area contributed by atoms with Gasteiger partial charge in [0.05, 0.1) is 6.61 Å². The molecular weight excluding hydrogens is 256 g/mol. The van der Waals surface area contributed by atoms with Crippen LogP contribution in [0, 0.1) is 0 Å². The van der Waals surface area contributed by atoms with Gasteiger partial charge in [-0.25, -0.2) is 0 Å². The van der Waals surface area contributed by atoms with E-state index in [0.717, 1.165) is 17.4 Å². The first kappa shape index (κ1) is 12.6. The predicted molar refractivity (Wildman–Crippen MR) is 65.8 cm³/mol. The third-order valence-electron chi connectivity index (χ3n) is 2.17. The lowest BCUT2D eigenvalue weighted by atomic mass is 10.1. The Morgan fingerprint density at radius 2 is 2.13 bits per heavy atom. The molecular formula is C11H17BrN2O. The molecule has 0 heterocycles. The van der Waals surface area contributed by atoms with Gasteiger partial charge in [-0.3, -0.25) is 0 Å². The van der Waals surface area contributed by atoms with Gasteiger partial charge in [-0.15, -0.1) is 0 Å². The molecule has 84 valence electrons. The maximum Gasteiger partial charge on any atom is 0.0594 e. The molecule has 0 radical (unpaired) electrons. The van der Waals surface area contributed by atoms with Crippen LogP contribution >= 0.6 is 15.9 Å². The van der Waals surface area contributed by atoms with E-state index < -0.39 is 0 Å². The predicted octanol–water partition coefficient (Wildman–Crippen LogP) is 0.901. The summed E-state index contributed by atoms with van der Waals surface area (Å²) in [4.78, 5) is 0. The largest absolute Gasteiger partial charge is 0.395 e. The van der Waals surface area contributed by atoms with Crippen LogP contribution in [-0.2, 0) is 6.42 Å². The first-order valence-corrected chi connectivity index (χ1v) is 5.84. The highest BCUT2D eigenvalue weighted by Gasteiger charge is 2.00. The molecule has 1 aromatic rings. The van der Waals surface area contributed by atoms with Gasteiger partial charge in [0.15, 0.2) is 0 Å². The van der Waals surface area contributed by atoms with Crippen LogP contribution in [0.15, 0.2) is 28.7 Å². The second-order valence-electron chi connectivity index (χ2n) is 3.49. The Hall–Kier alpha value is -0.420. The highest BCUT2D eigenvalue weighted by atomic mass is 79.9. The second-order valence-corrected chi connectivity index (χ2v) is 4.34. The van der Waals surface area contributed by atoms with Crippen molar-refractivity contribution in [2.75, 3.05) is 19.7 Å². The van der Waals surface area contributed by atoms with Crippen LogP contribution in [0.4, 0.5) is 0 Å². The molecule has 4 heteroatoms. The molecule has 0 saturated carbocycles. The van der Waals surface area contributed by atoms with E-state index in [0.29, 0.717) is 6.54 Å². The molecule has 0 aliphatic heterocycles. The number of hydrogen-bond acceptors (Lipinski definition) is 3. The summed E-state index contributed by atoms with van der Waals surface area (Å²) in [6, 6.07) is 8.00. The van der Waals surface area contributed by atoms with Gasteiger partial charge in [-0.05, 0) is 24.6 Å². The molecule has 0 fully saturated rings. The average Bonchev–Trinajstić information content (AvgIpc) is 2.26. The van der Waals surface area contributed by atoms with E-state index in [1.54, 1.807) is 0 Å². The summed E-state index contributed by atoms with van der Waals surface area (Å²) in [5.41, 5.74) is 6.84. The number of benzene rings is 1. The minimum Gasteiger partial charge on any atom is -0.395 e. The number of aliphatic hydroxyl groups is 1. The number of halogens is 1. The Kier molecular flexibility index (Phi) is 5.86. The Morgan fingerprint density at radius 3 is 2.80 bits per heavy atom. The van der Waals surface area contributed by atoms with Crippen LogP contribution in [0.5, 0.6) is 0 Å². The molecule has 1 atom stereocenters. The molecule has 15 heavy (non-hydrogen) atoms. The molecule has 0 saturated heterocycles. The lowest BCUT2D eigenvalue weighted by Crippen LogP contribution is -2.37. The van der Waals surface area contributed by atoms with Gasteiger partial charge in [0.2, 0.25) is 0 Å². The topological polar surface area (TPSA) is 58.3 Å². The van der Waals surface area contributed by atoms with Crippen LogP contribution in [-0.4, -0.2) is 30.8 Å². The Balaban J connectivity index is 2.23. The van der Waals surface area contributed by atoms with Crippen molar-refractivity contribution in [3.8, 4) is 0 Å². The summed E-state index contributed by atoms with van der Waals surface area (Å²) >= 11 is 3.50. The Morgan fingerprint density at radius 1 is 1.40 bits per heavy atom. The zero-order chi connectivity index (χ0) is 11.1. The molecule has 0 bridgehead atoms. The van der Waals surface area contributed by atoms with Crippen molar-refractivity contribution < 1.29 is 5.11 Å². The number of nitrogens with one attached hydrogen (secondary N) is 1. The van der Waals surface area contributed by atoms with Gasteiger partial charge in [0, 0.05) is 17.1 Å². The van der Waals surface area contributed by atoms with Gasteiger partial charge in [-0.1, -0.05) is 34.1 Å². The van der Waals surface area contributed by atoms with Crippen molar-refractivity contribution in [3.63, 3.8) is 0 Å². The molecule has 3 nitrogen and oxygen atoms in total. The van der Waals surface area contributed by atoms with Crippen molar-refractivity contribution in [2.24, 2.45) is 5.73 Å². The zero-order valence-corrected chi connectivity index (χ0v) is 10.2. The number of nitrogens with two attached hydrogens (primary N) is 1. The molecule has 1 rings (SSSR count). The minimum absolute atomic E-state index is 0.0298. The Bertz CT molecular complexity index is 294. The number of hydrogen-bond donors (Lipinski definition) is 3. The minimum atomic E-state index is -0.163. The Labute approximate surface area is 98.8 Å². The van der Waals surface area contributed by atoms with Gasteiger partial charge >= 0.3 is 0 Å². The molecule has 0 aliphatic carbocycles. The summed E-state index contributed by atoms with van der Waals surface area (Å²) in [6.45, 7) is 1.55. The quantitative estimate of drug-likeness (QED) is 0.675. The van der Waals surface area contributed by atoms with E-state index in [1.807, 2.05) is 18.2 Å². The highest BCUT2D eigenvalue weighted by Crippen LogP contribution is 2.15. The van der Waals surface area contributed by atoms with Crippen molar-refractivity contribution in [3.05, 3.63) is 34.3 Å². The fourth-order valence-corrected chi connectivity index (χ4v) is 1.76. The zero-order valence-electron chi connectivity index (χ0n) is 8.62. The third kappa shape index (κ3) is 4.75. The van der Waals surface area contributed by atoms with Crippen LogP contribution in [0.1, 0.15) is 5.56 Å². The third-order valence-corrected chi connectivity index (χ3v) is 2.94. The van der Waals surface area contributed by atoms with Crippen LogP contribution in [0.25, 0.3) is 0 Å². The monoisotopic (exact) mass is 272 g/mol. The molecule has 1 unspecified atom stereocenters. The molecule has 0 aromatic heterocycles.